The molecule has 2 atom stereocenters. The van der Waals surface area contributed by atoms with Gasteiger partial charge < -0.3 is 14.0 Å². The number of aryl methyl sites for hydroxylation is 1. The quantitative estimate of drug-likeness (QED) is 0.740. The Labute approximate surface area is 106 Å². The zero-order valence-electron chi connectivity index (χ0n) is 10.6. The largest absolute Gasteiger partial charge is 0.471 e. The van der Waals surface area contributed by atoms with Crippen molar-refractivity contribution in [3.63, 3.8) is 0 Å². The van der Waals surface area contributed by atoms with Crippen LogP contribution in [-0.2, 0) is 20.8 Å². The average Bonchev–Trinajstić information content (AvgIpc) is 2.96. The molecule has 2 unspecified atom stereocenters. The molecule has 0 bridgehead atoms. The zero-order chi connectivity index (χ0) is 13.0. The summed E-state index contributed by atoms with van der Waals surface area (Å²) in [6.45, 7) is 5.03. The third-order valence-electron chi connectivity index (χ3n) is 2.74. The highest BCUT2D eigenvalue weighted by molar-refractivity contribution is 5.80. The van der Waals surface area contributed by atoms with Crippen molar-refractivity contribution < 1.29 is 14.3 Å². The number of carbonyl (C=O) groups is 1. The summed E-state index contributed by atoms with van der Waals surface area (Å²) >= 11 is 0. The van der Waals surface area contributed by atoms with Crippen molar-refractivity contribution in [1.29, 1.82) is 0 Å². The molecule has 0 spiro atoms. The van der Waals surface area contributed by atoms with Crippen LogP contribution in [0.4, 0.5) is 0 Å². The van der Waals surface area contributed by atoms with E-state index >= 15 is 0 Å². The molecule has 98 valence electrons. The van der Waals surface area contributed by atoms with Crippen LogP contribution in [0.3, 0.4) is 0 Å². The first-order chi connectivity index (χ1) is 8.77. The van der Waals surface area contributed by atoms with Crippen LogP contribution >= 0.6 is 0 Å². The van der Waals surface area contributed by atoms with Crippen molar-refractivity contribution in [2.45, 2.75) is 39.0 Å². The monoisotopic (exact) mass is 251 g/mol. The number of rotatable bonds is 5. The first-order valence-corrected chi connectivity index (χ1v) is 6.11. The Morgan fingerprint density at radius 1 is 1.56 bits per heavy atom. The fraction of sp³-hybridized carbons (Fsp3) is 0.583. The molecule has 2 heterocycles. The molecule has 6 nitrogen and oxygen atoms in total. The van der Waals surface area contributed by atoms with Gasteiger partial charge in [0.15, 0.2) is 18.5 Å². The van der Waals surface area contributed by atoms with Crippen molar-refractivity contribution in [2.24, 2.45) is 4.99 Å². The molecule has 1 aliphatic rings. The summed E-state index contributed by atoms with van der Waals surface area (Å²) in [6.07, 6.45) is 5.32. The number of carbonyl (C=O) groups excluding carboxylic acids is 1. The van der Waals surface area contributed by atoms with Gasteiger partial charge in [-0.3, -0.25) is 0 Å². The van der Waals surface area contributed by atoms with Crippen molar-refractivity contribution in [1.82, 2.24) is 9.55 Å². The summed E-state index contributed by atoms with van der Waals surface area (Å²) < 4.78 is 12.4. The lowest BCUT2D eigenvalue weighted by molar-refractivity contribution is -0.146. The minimum absolute atomic E-state index is 0.339. The fourth-order valence-corrected chi connectivity index (χ4v) is 1.96. The molecule has 0 radical (unpaired) electrons. The van der Waals surface area contributed by atoms with Crippen molar-refractivity contribution in [2.75, 3.05) is 6.61 Å². The second-order valence-corrected chi connectivity index (χ2v) is 4.02. The minimum atomic E-state index is -0.628. The number of esters is 1. The highest BCUT2D eigenvalue weighted by atomic mass is 16.5. The molecule has 0 aromatic carbocycles. The molecule has 0 amide bonds. The van der Waals surface area contributed by atoms with Gasteiger partial charge in [0, 0.05) is 6.54 Å². The van der Waals surface area contributed by atoms with E-state index in [-0.39, 0.29) is 5.97 Å². The number of ether oxygens (including phenoxy) is 2. The maximum Gasteiger partial charge on any atom is 0.335 e. The number of nitrogens with zero attached hydrogens (tertiary/aromatic N) is 3. The molecule has 0 aliphatic carbocycles. The molecular weight excluding hydrogens is 234 g/mol. The van der Waals surface area contributed by atoms with Gasteiger partial charge in [0.2, 0.25) is 0 Å². The van der Waals surface area contributed by atoms with E-state index in [1.165, 1.54) is 6.40 Å². The third-order valence-corrected chi connectivity index (χ3v) is 2.74. The number of imidazole rings is 1. The predicted molar refractivity (Wildman–Crippen MR) is 65.3 cm³/mol. The van der Waals surface area contributed by atoms with Crippen LogP contribution in [0.2, 0.25) is 0 Å². The molecule has 0 N–H and O–H groups in total. The topological polar surface area (TPSA) is 65.7 Å². The second kappa shape index (κ2) is 5.66. The van der Waals surface area contributed by atoms with Gasteiger partial charge in [0.25, 0.3) is 0 Å². The highest BCUT2D eigenvalue weighted by Gasteiger charge is 2.37. The number of hydrogen-bond acceptors (Lipinski definition) is 5. The van der Waals surface area contributed by atoms with Crippen molar-refractivity contribution in [3.8, 4) is 0 Å². The molecule has 0 saturated heterocycles. The Kier molecular flexibility index (Phi) is 3.96. The van der Waals surface area contributed by atoms with Gasteiger partial charge in [-0.1, -0.05) is 6.92 Å². The van der Waals surface area contributed by atoms with E-state index in [0.717, 1.165) is 18.7 Å². The van der Waals surface area contributed by atoms with E-state index in [4.69, 9.17) is 9.47 Å². The van der Waals surface area contributed by atoms with Gasteiger partial charge >= 0.3 is 5.97 Å². The maximum absolute atomic E-state index is 11.8. The van der Waals surface area contributed by atoms with Gasteiger partial charge in [-0.2, -0.15) is 0 Å². The maximum atomic E-state index is 11.8. The van der Waals surface area contributed by atoms with Crippen LogP contribution in [0.1, 0.15) is 32.1 Å². The molecule has 1 aliphatic heterocycles. The van der Waals surface area contributed by atoms with Crippen LogP contribution in [0.15, 0.2) is 17.5 Å². The van der Waals surface area contributed by atoms with Gasteiger partial charge in [0.1, 0.15) is 0 Å². The van der Waals surface area contributed by atoms with Crippen LogP contribution in [0.25, 0.3) is 0 Å². The van der Waals surface area contributed by atoms with E-state index in [2.05, 4.69) is 16.9 Å². The Bertz CT molecular complexity index is 442. The molecule has 1 aromatic rings. The molecule has 1 aromatic heterocycles. The number of aliphatic imine (C=N–C) groups is 1. The minimum Gasteiger partial charge on any atom is -0.471 e. The molecule has 18 heavy (non-hydrogen) atoms. The first-order valence-electron chi connectivity index (χ1n) is 6.11. The lowest BCUT2D eigenvalue weighted by Crippen LogP contribution is -2.27. The first kappa shape index (κ1) is 12.6. The molecule has 6 heteroatoms. The molecule has 0 saturated carbocycles. The lowest BCUT2D eigenvalue weighted by atomic mass is 10.1. The Morgan fingerprint density at radius 2 is 2.39 bits per heavy atom. The summed E-state index contributed by atoms with van der Waals surface area (Å²) in [5, 5.41) is 0. The van der Waals surface area contributed by atoms with Gasteiger partial charge in [-0.15, -0.1) is 0 Å². The Balaban J connectivity index is 2.16. The van der Waals surface area contributed by atoms with Gasteiger partial charge in [0.05, 0.1) is 24.8 Å². The van der Waals surface area contributed by atoms with Gasteiger partial charge in [-0.05, 0) is 13.3 Å². The van der Waals surface area contributed by atoms with Crippen molar-refractivity contribution in [3.05, 3.63) is 18.2 Å². The van der Waals surface area contributed by atoms with E-state index < -0.39 is 12.1 Å². The number of aromatic nitrogens is 2. The lowest BCUT2D eigenvalue weighted by Gasteiger charge is -2.17. The fourth-order valence-electron chi connectivity index (χ4n) is 1.96. The van der Waals surface area contributed by atoms with E-state index in [9.17, 15) is 4.79 Å². The second-order valence-electron chi connectivity index (χ2n) is 4.02. The number of hydrogen-bond donors (Lipinski definition) is 0. The third kappa shape index (κ3) is 2.37. The molecular formula is C12H17N3O3. The summed E-state index contributed by atoms with van der Waals surface area (Å²) in [5.41, 5.74) is 0.854. The predicted octanol–water partition coefficient (Wildman–Crippen LogP) is 1.32. The van der Waals surface area contributed by atoms with Crippen LogP contribution in [-0.4, -0.2) is 34.6 Å². The Hall–Kier alpha value is -1.85. The average molecular weight is 251 g/mol. The smallest absolute Gasteiger partial charge is 0.335 e. The van der Waals surface area contributed by atoms with Crippen molar-refractivity contribution >= 4 is 12.4 Å². The summed E-state index contributed by atoms with van der Waals surface area (Å²) in [7, 11) is 0. The summed E-state index contributed by atoms with van der Waals surface area (Å²) in [4.78, 5) is 19.9. The van der Waals surface area contributed by atoms with E-state index in [1.807, 2.05) is 4.57 Å². The normalized spacial score (nSPS) is 21.9. The standard InChI is InChI=1S/C12H17N3O3/c1-3-5-15-7-13-6-9(15)11-10(14-8-18-11)12(16)17-4-2/h6-8,10-11H,3-5H2,1-2H3. The summed E-state index contributed by atoms with van der Waals surface area (Å²) in [6, 6.07) is -0.628. The van der Waals surface area contributed by atoms with Crippen LogP contribution in [0.5, 0.6) is 0 Å². The zero-order valence-corrected chi connectivity index (χ0v) is 10.6. The van der Waals surface area contributed by atoms with Crippen LogP contribution < -0.4 is 0 Å². The van der Waals surface area contributed by atoms with E-state index in [1.54, 1.807) is 19.4 Å². The van der Waals surface area contributed by atoms with E-state index in [0.29, 0.717) is 6.61 Å². The highest BCUT2D eigenvalue weighted by Crippen LogP contribution is 2.27. The summed E-state index contributed by atoms with van der Waals surface area (Å²) in [5.74, 6) is -0.361. The SMILES string of the molecule is CCCn1cncc1C1OC=NC1C(=O)OCC. The van der Waals surface area contributed by atoms with Gasteiger partial charge in [-0.25, -0.2) is 14.8 Å². The molecule has 0 fully saturated rings. The molecule has 2 rings (SSSR count). The van der Waals surface area contributed by atoms with Crippen LogP contribution in [0, 0.1) is 0 Å². The Morgan fingerprint density at radius 3 is 3.11 bits per heavy atom.